The second-order valence-electron chi connectivity index (χ2n) is 7.13. The summed E-state index contributed by atoms with van der Waals surface area (Å²) >= 11 is 0. The van der Waals surface area contributed by atoms with E-state index in [1.165, 1.54) is 6.07 Å². The zero-order chi connectivity index (χ0) is 21.8. The van der Waals surface area contributed by atoms with Gasteiger partial charge in [0.05, 0.1) is 21.4 Å². The minimum atomic E-state index is -4.47. The third-order valence-corrected chi connectivity index (χ3v) is 6.02. The summed E-state index contributed by atoms with van der Waals surface area (Å²) in [6.45, 7) is 0. The van der Waals surface area contributed by atoms with E-state index in [1.807, 2.05) is 42.5 Å². The van der Waals surface area contributed by atoms with Crippen molar-refractivity contribution < 1.29 is 23.2 Å². The lowest BCUT2D eigenvalue weighted by Gasteiger charge is -2.08. The van der Waals surface area contributed by atoms with Crippen molar-refractivity contribution >= 4 is 31.9 Å². The number of phenolic OH excluding ortho intramolecular Hbond substituents is 2. The van der Waals surface area contributed by atoms with Crippen LogP contribution in [0.5, 0.6) is 11.5 Å². The van der Waals surface area contributed by atoms with Gasteiger partial charge in [-0.15, -0.1) is 0 Å². The summed E-state index contributed by atoms with van der Waals surface area (Å²) < 4.78 is 32.2. The van der Waals surface area contributed by atoms with Crippen LogP contribution in [0.25, 0.3) is 44.3 Å². The molecule has 8 heteroatoms. The van der Waals surface area contributed by atoms with Crippen molar-refractivity contribution in [2.24, 2.45) is 0 Å². The maximum atomic E-state index is 11.5. The first kappa shape index (κ1) is 19.1. The van der Waals surface area contributed by atoms with Crippen molar-refractivity contribution in [3.8, 4) is 34.0 Å². The Hall–Kier alpha value is -3.88. The highest BCUT2D eigenvalue weighted by Gasteiger charge is 2.18. The van der Waals surface area contributed by atoms with Crippen LogP contribution >= 0.6 is 0 Å². The van der Waals surface area contributed by atoms with Crippen LogP contribution in [0.2, 0.25) is 0 Å². The molecular weight excluding hydrogens is 416 g/mol. The summed E-state index contributed by atoms with van der Waals surface area (Å²) in [4.78, 5) is 7.32. The van der Waals surface area contributed by atoms with Gasteiger partial charge in [0.2, 0.25) is 0 Å². The van der Waals surface area contributed by atoms with Crippen LogP contribution in [0.4, 0.5) is 0 Å². The topological polar surface area (TPSA) is 124 Å². The maximum Gasteiger partial charge on any atom is 0.294 e. The van der Waals surface area contributed by atoms with Gasteiger partial charge in [-0.25, -0.2) is 4.98 Å². The Labute approximate surface area is 177 Å². The number of para-hydroxylation sites is 1. The molecule has 31 heavy (non-hydrogen) atoms. The minimum absolute atomic E-state index is 0.0648. The van der Waals surface area contributed by atoms with Crippen molar-refractivity contribution in [1.29, 1.82) is 0 Å². The van der Waals surface area contributed by atoms with Gasteiger partial charge in [0.15, 0.2) is 0 Å². The fourth-order valence-corrected chi connectivity index (χ4v) is 4.28. The van der Waals surface area contributed by atoms with Gasteiger partial charge in [-0.2, -0.15) is 8.42 Å². The number of hydrogen-bond donors (Lipinski definition) is 4. The van der Waals surface area contributed by atoms with E-state index in [1.54, 1.807) is 18.2 Å². The Morgan fingerprint density at radius 2 is 1.58 bits per heavy atom. The number of benzene rings is 4. The predicted molar refractivity (Wildman–Crippen MR) is 118 cm³/mol. The van der Waals surface area contributed by atoms with E-state index < -0.39 is 15.0 Å². The van der Waals surface area contributed by atoms with Gasteiger partial charge in [-0.1, -0.05) is 48.5 Å². The Balaban J connectivity index is 1.72. The van der Waals surface area contributed by atoms with Crippen molar-refractivity contribution in [3.63, 3.8) is 0 Å². The van der Waals surface area contributed by atoms with E-state index >= 15 is 0 Å². The first-order chi connectivity index (χ1) is 14.8. The van der Waals surface area contributed by atoms with E-state index in [2.05, 4.69) is 9.97 Å². The van der Waals surface area contributed by atoms with Gasteiger partial charge in [0, 0.05) is 11.6 Å². The standard InChI is InChI=1S/C23H16N2O5S/c26-19-12-15(31(28,29)30)11-14-9-10-18-21(20(14)19)25-23(24-18)17-8-4-7-16(22(17)27)13-5-2-1-3-6-13/h1-12,26-27H,(H,24,25)(H,28,29,30). The summed E-state index contributed by atoms with van der Waals surface area (Å²) in [5, 5.41) is 22.1. The number of aromatic nitrogens is 2. The molecule has 4 N–H and O–H groups in total. The highest BCUT2D eigenvalue weighted by molar-refractivity contribution is 7.85. The molecule has 0 spiro atoms. The zero-order valence-corrected chi connectivity index (χ0v) is 16.8. The van der Waals surface area contributed by atoms with Crippen molar-refractivity contribution in [1.82, 2.24) is 9.97 Å². The summed E-state index contributed by atoms with van der Waals surface area (Å²) in [5.41, 5.74) is 3.01. The number of nitrogens with zero attached hydrogens (tertiary/aromatic N) is 1. The second kappa shape index (κ2) is 6.83. The molecule has 0 aliphatic heterocycles. The van der Waals surface area contributed by atoms with Crippen LogP contribution in [0.3, 0.4) is 0 Å². The number of fused-ring (bicyclic) bond motifs is 3. The van der Waals surface area contributed by atoms with Gasteiger partial charge in [-0.3, -0.25) is 4.55 Å². The highest BCUT2D eigenvalue weighted by Crippen LogP contribution is 2.39. The Bertz CT molecular complexity index is 1570. The smallest absolute Gasteiger partial charge is 0.294 e. The lowest BCUT2D eigenvalue weighted by atomic mass is 10.0. The van der Waals surface area contributed by atoms with Gasteiger partial charge in [-0.05, 0) is 29.1 Å². The molecule has 1 heterocycles. The largest absolute Gasteiger partial charge is 0.507 e. The first-order valence-electron chi connectivity index (χ1n) is 9.33. The monoisotopic (exact) mass is 432 g/mol. The molecule has 0 radical (unpaired) electrons. The molecule has 0 fully saturated rings. The van der Waals surface area contributed by atoms with Gasteiger partial charge < -0.3 is 15.2 Å². The number of phenols is 2. The average Bonchev–Trinajstić information content (AvgIpc) is 3.17. The molecule has 0 bridgehead atoms. The van der Waals surface area contributed by atoms with Crippen LogP contribution in [0, 0.1) is 0 Å². The van der Waals surface area contributed by atoms with Gasteiger partial charge >= 0.3 is 0 Å². The van der Waals surface area contributed by atoms with Crippen molar-refractivity contribution in [2.75, 3.05) is 0 Å². The molecule has 0 atom stereocenters. The van der Waals surface area contributed by atoms with Crippen LogP contribution in [0.1, 0.15) is 0 Å². The molecule has 0 aliphatic carbocycles. The van der Waals surface area contributed by atoms with E-state index in [9.17, 15) is 23.2 Å². The Morgan fingerprint density at radius 1 is 0.839 bits per heavy atom. The SMILES string of the molecule is O=S(=O)(O)c1cc(O)c2c(ccc3[nH]c(-c4cccc(-c5ccccc5)c4O)nc32)c1. The molecule has 0 aliphatic rings. The fraction of sp³-hybridized carbons (Fsp3) is 0. The molecule has 0 saturated heterocycles. The first-order valence-corrected chi connectivity index (χ1v) is 10.8. The predicted octanol–water partition coefficient (Wildman–Crippen LogP) is 4.71. The summed E-state index contributed by atoms with van der Waals surface area (Å²) in [7, 11) is -4.47. The van der Waals surface area contributed by atoms with Crippen molar-refractivity contribution in [3.05, 3.63) is 72.8 Å². The number of aromatic hydroxyl groups is 2. The zero-order valence-electron chi connectivity index (χ0n) is 15.9. The molecule has 4 aromatic carbocycles. The average molecular weight is 432 g/mol. The number of nitrogens with one attached hydrogen (secondary N) is 1. The molecule has 0 unspecified atom stereocenters. The van der Waals surface area contributed by atoms with E-state index in [0.29, 0.717) is 38.8 Å². The normalized spacial score (nSPS) is 11.9. The number of aromatic amines is 1. The number of H-pyrrole nitrogens is 1. The van der Waals surface area contributed by atoms with Crippen LogP contribution < -0.4 is 0 Å². The quantitative estimate of drug-likeness (QED) is 0.306. The molecular formula is C23H16N2O5S. The maximum absolute atomic E-state index is 11.5. The highest BCUT2D eigenvalue weighted by atomic mass is 32.2. The lowest BCUT2D eigenvalue weighted by Crippen LogP contribution is -1.97. The third-order valence-electron chi connectivity index (χ3n) is 5.19. The van der Waals surface area contributed by atoms with Crippen LogP contribution in [0.15, 0.2) is 77.7 Å². The number of rotatable bonds is 3. The molecule has 154 valence electrons. The van der Waals surface area contributed by atoms with E-state index in [-0.39, 0.29) is 11.5 Å². The molecule has 1 aromatic heterocycles. The summed E-state index contributed by atoms with van der Waals surface area (Å²) in [6, 6.07) is 20.4. The van der Waals surface area contributed by atoms with Crippen LogP contribution in [-0.4, -0.2) is 33.2 Å². The van der Waals surface area contributed by atoms with Gasteiger partial charge in [0.25, 0.3) is 10.1 Å². The molecule has 7 nitrogen and oxygen atoms in total. The molecule has 0 amide bonds. The molecule has 5 rings (SSSR count). The number of imidazole rings is 1. The van der Waals surface area contributed by atoms with Crippen molar-refractivity contribution in [2.45, 2.75) is 4.90 Å². The van der Waals surface area contributed by atoms with Gasteiger partial charge in [0.1, 0.15) is 22.8 Å². The Kier molecular flexibility index (Phi) is 4.21. The fourth-order valence-electron chi connectivity index (χ4n) is 3.74. The summed E-state index contributed by atoms with van der Waals surface area (Å²) in [5.74, 6) is 0.141. The summed E-state index contributed by atoms with van der Waals surface area (Å²) in [6.07, 6.45) is 0. The minimum Gasteiger partial charge on any atom is -0.507 e. The van der Waals surface area contributed by atoms with E-state index in [0.717, 1.165) is 11.6 Å². The van der Waals surface area contributed by atoms with E-state index in [4.69, 9.17) is 0 Å². The molecule has 5 aromatic rings. The Morgan fingerprint density at radius 3 is 2.32 bits per heavy atom. The molecule has 0 saturated carbocycles. The lowest BCUT2D eigenvalue weighted by molar-refractivity contribution is 0.471. The third kappa shape index (κ3) is 3.18. The van der Waals surface area contributed by atoms with Crippen LogP contribution in [-0.2, 0) is 10.1 Å². The number of hydrogen-bond acceptors (Lipinski definition) is 5. The second-order valence-corrected chi connectivity index (χ2v) is 8.55.